The number of thiazole rings is 1. The molecule has 0 amide bonds. The molecule has 1 unspecified atom stereocenters. The molecule has 3 rings (SSSR count). The van der Waals surface area contributed by atoms with Crippen molar-refractivity contribution in [1.29, 1.82) is 0 Å². The first kappa shape index (κ1) is 14.5. The largest absolute Gasteiger partial charge is 0.387 e. The smallest absolute Gasteiger partial charge is 0.188 e. The summed E-state index contributed by atoms with van der Waals surface area (Å²) in [5.74, 6) is 0.656. The van der Waals surface area contributed by atoms with Gasteiger partial charge in [-0.2, -0.15) is 0 Å². The van der Waals surface area contributed by atoms with Crippen LogP contribution in [0.15, 0.2) is 23.8 Å². The van der Waals surface area contributed by atoms with E-state index in [1.165, 1.54) is 11.3 Å². The van der Waals surface area contributed by atoms with Crippen LogP contribution in [-0.2, 0) is 6.54 Å². The molecule has 2 aromatic rings. The maximum Gasteiger partial charge on any atom is 0.188 e. The van der Waals surface area contributed by atoms with Crippen molar-refractivity contribution in [2.24, 2.45) is 0 Å². The van der Waals surface area contributed by atoms with E-state index in [0.29, 0.717) is 25.5 Å². The highest BCUT2D eigenvalue weighted by atomic mass is 32.1. The molecule has 0 aliphatic carbocycles. The fourth-order valence-electron chi connectivity index (χ4n) is 2.43. The second kappa shape index (κ2) is 6.57. The summed E-state index contributed by atoms with van der Waals surface area (Å²) in [5, 5.41) is 19.7. The van der Waals surface area contributed by atoms with Crippen LogP contribution >= 0.6 is 11.3 Å². The minimum atomic E-state index is -0.639. The third kappa shape index (κ3) is 3.82. The van der Waals surface area contributed by atoms with Gasteiger partial charge in [-0.1, -0.05) is 0 Å². The molecule has 1 saturated heterocycles. The first-order valence-corrected chi connectivity index (χ1v) is 7.99. The van der Waals surface area contributed by atoms with Gasteiger partial charge < -0.3 is 15.7 Å². The number of β-amino-alcohol motifs (C(OH)–C–C–N with tert-alkyl or cyclic N) is 1. The van der Waals surface area contributed by atoms with E-state index in [2.05, 4.69) is 25.6 Å². The molecule has 1 fully saturated rings. The molecule has 7 heteroatoms. The van der Waals surface area contributed by atoms with Gasteiger partial charge in [0.1, 0.15) is 0 Å². The molecule has 6 nitrogen and oxygen atoms in total. The van der Waals surface area contributed by atoms with Crippen LogP contribution in [-0.4, -0.2) is 45.3 Å². The second-order valence-electron chi connectivity index (χ2n) is 5.32. The Morgan fingerprint density at radius 2 is 2.24 bits per heavy atom. The summed E-state index contributed by atoms with van der Waals surface area (Å²) in [6, 6.07) is 1.79. The summed E-state index contributed by atoms with van der Waals surface area (Å²) in [5.41, 5.74) is 0.314. The lowest BCUT2D eigenvalue weighted by Crippen LogP contribution is -2.51. The Hall–Kier alpha value is -1.41. The SMILES string of the molecule is OC1(CNCc2csc(-c3ncccn3)n2)CCCNC1. The van der Waals surface area contributed by atoms with Crippen LogP contribution in [0.2, 0.25) is 0 Å². The van der Waals surface area contributed by atoms with Crippen molar-refractivity contribution in [3.63, 3.8) is 0 Å². The minimum Gasteiger partial charge on any atom is -0.387 e. The number of nitrogens with one attached hydrogen (secondary N) is 2. The lowest BCUT2D eigenvalue weighted by molar-refractivity contribution is 0.0168. The summed E-state index contributed by atoms with van der Waals surface area (Å²) in [7, 11) is 0. The summed E-state index contributed by atoms with van der Waals surface area (Å²) >= 11 is 1.54. The number of piperidine rings is 1. The molecule has 0 saturated carbocycles. The maximum absolute atomic E-state index is 10.4. The summed E-state index contributed by atoms with van der Waals surface area (Å²) in [6.45, 7) is 2.87. The third-order valence-electron chi connectivity index (χ3n) is 3.52. The Balaban J connectivity index is 1.53. The van der Waals surface area contributed by atoms with Crippen LogP contribution < -0.4 is 10.6 Å². The average molecular weight is 305 g/mol. The Labute approximate surface area is 127 Å². The van der Waals surface area contributed by atoms with Crippen molar-refractivity contribution in [2.45, 2.75) is 25.0 Å². The predicted molar refractivity (Wildman–Crippen MR) is 81.9 cm³/mol. The minimum absolute atomic E-state index is 0.578. The number of hydrogen-bond donors (Lipinski definition) is 3. The van der Waals surface area contributed by atoms with Gasteiger partial charge in [-0.15, -0.1) is 11.3 Å². The van der Waals surface area contributed by atoms with Gasteiger partial charge in [-0.3, -0.25) is 0 Å². The van der Waals surface area contributed by atoms with E-state index in [-0.39, 0.29) is 0 Å². The highest BCUT2D eigenvalue weighted by molar-refractivity contribution is 7.13. The van der Waals surface area contributed by atoms with Gasteiger partial charge in [0.2, 0.25) is 0 Å². The zero-order chi connectivity index (χ0) is 14.5. The predicted octanol–water partition coefficient (Wildman–Crippen LogP) is 0.804. The lowest BCUT2D eigenvalue weighted by atomic mass is 9.94. The van der Waals surface area contributed by atoms with E-state index < -0.39 is 5.60 Å². The molecule has 1 atom stereocenters. The Morgan fingerprint density at radius 3 is 3.00 bits per heavy atom. The van der Waals surface area contributed by atoms with Crippen LogP contribution in [0.25, 0.3) is 10.8 Å². The monoisotopic (exact) mass is 305 g/mol. The maximum atomic E-state index is 10.4. The van der Waals surface area contributed by atoms with Crippen LogP contribution in [0.1, 0.15) is 18.5 Å². The zero-order valence-corrected chi connectivity index (χ0v) is 12.6. The van der Waals surface area contributed by atoms with E-state index in [0.717, 1.165) is 30.1 Å². The fourth-order valence-corrected chi connectivity index (χ4v) is 3.19. The van der Waals surface area contributed by atoms with E-state index in [4.69, 9.17) is 0 Å². The topological polar surface area (TPSA) is 83.0 Å². The van der Waals surface area contributed by atoms with Gasteiger partial charge >= 0.3 is 0 Å². The van der Waals surface area contributed by atoms with E-state index >= 15 is 0 Å². The molecular weight excluding hydrogens is 286 g/mol. The van der Waals surface area contributed by atoms with Crippen molar-refractivity contribution in [3.8, 4) is 10.8 Å². The molecule has 0 radical (unpaired) electrons. The van der Waals surface area contributed by atoms with Crippen LogP contribution in [0.4, 0.5) is 0 Å². The molecule has 21 heavy (non-hydrogen) atoms. The van der Waals surface area contributed by atoms with E-state index in [1.807, 2.05) is 5.38 Å². The number of rotatable bonds is 5. The van der Waals surface area contributed by atoms with Gasteiger partial charge in [-0.25, -0.2) is 15.0 Å². The molecule has 3 heterocycles. The molecule has 1 aliphatic heterocycles. The van der Waals surface area contributed by atoms with Crippen LogP contribution in [0.5, 0.6) is 0 Å². The highest BCUT2D eigenvalue weighted by Gasteiger charge is 2.28. The van der Waals surface area contributed by atoms with Crippen molar-refractivity contribution >= 4 is 11.3 Å². The van der Waals surface area contributed by atoms with Gasteiger partial charge in [0.15, 0.2) is 10.8 Å². The van der Waals surface area contributed by atoms with E-state index in [1.54, 1.807) is 18.5 Å². The second-order valence-corrected chi connectivity index (χ2v) is 6.18. The number of aromatic nitrogens is 3. The van der Waals surface area contributed by atoms with Crippen molar-refractivity contribution in [1.82, 2.24) is 25.6 Å². The van der Waals surface area contributed by atoms with Gasteiger partial charge in [0, 0.05) is 37.4 Å². The molecule has 112 valence electrons. The summed E-state index contributed by atoms with van der Waals surface area (Å²) in [6.07, 6.45) is 5.29. The molecule has 0 spiro atoms. The van der Waals surface area contributed by atoms with Gasteiger partial charge in [-0.05, 0) is 25.5 Å². The van der Waals surface area contributed by atoms with Crippen molar-refractivity contribution in [3.05, 3.63) is 29.5 Å². The molecule has 0 bridgehead atoms. The van der Waals surface area contributed by atoms with Crippen LogP contribution in [0, 0.1) is 0 Å². The number of nitrogens with zero attached hydrogens (tertiary/aromatic N) is 3. The Morgan fingerprint density at radius 1 is 1.38 bits per heavy atom. The van der Waals surface area contributed by atoms with Crippen LogP contribution in [0.3, 0.4) is 0 Å². The first-order valence-electron chi connectivity index (χ1n) is 7.11. The molecule has 1 aliphatic rings. The first-order chi connectivity index (χ1) is 10.3. The van der Waals surface area contributed by atoms with Crippen molar-refractivity contribution < 1.29 is 5.11 Å². The molecule has 2 aromatic heterocycles. The molecule has 0 aromatic carbocycles. The van der Waals surface area contributed by atoms with Crippen molar-refractivity contribution in [2.75, 3.05) is 19.6 Å². The molecule has 3 N–H and O–H groups in total. The lowest BCUT2D eigenvalue weighted by Gasteiger charge is -2.32. The summed E-state index contributed by atoms with van der Waals surface area (Å²) < 4.78 is 0. The molecular formula is C14H19N5OS. The quantitative estimate of drug-likeness (QED) is 0.758. The van der Waals surface area contributed by atoms with Gasteiger partial charge in [0.05, 0.1) is 11.3 Å². The Bertz CT molecular complexity index is 568. The number of hydrogen-bond acceptors (Lipinski definition) is 7. The van der Waals surface area contributed by atoms with E-state index in [9.17, 15) is 5.11 Å². The standard InChI is InChI=1S/C14H19N5OS/c20-14(3-1-4-15-9-14)10-16-7-11-8-21-13(19-11)12-17-5-2-6-18-12/h2,5-6,8,15-16,20H,1,3-4,7,9-10H2. The highest BCUT2D eigenvalue weighted by Crippen LogP contribution is 2.20. The van der Waals surface area contributed by atoms with Gasteiger partial charge in [0.25, 0.3) is 0 Å². The Kier molecular flexibility index (Phi) is 4.54. The fraction of sp³-hybridized carbons (Fsp3) is 0.500. The zero-order valence-electron chi connectivity index (χ0n) is 11.7. The number of aliphatic hydroxyl groups is 1. The third-order valence-corrected chi connectivity index (χ3v) is 4.41. The normalized spacial score (nSPS) is 22.3. The average Bonchev–Trinajstić information content (AvgIpc) is 2.98. The summed E-state index contributed by atoms with van der Waals surface area (Å²) in [4.78, 5) is 12.9.